The van der Waals surface area contributed by atoms with Crippen LogP contribution in [0.15, 0.2) is 0 Å². The summed E-state index contributed by atoms with van der Waals surface area (Å²) >= 11 is 0. The molecule has 1 aliphatic heterocycles. The molecule has 0 bridgehead atoms. The van der Waals surface area contributed by atoms with Gasteiger partial charge in [0.2, 0.25) is 0 Å². The monoisotopic (exact) mass is 298 g/mol. The quantitative estimate of drug-likeness (QED) is 0.798. The van der Waals surface area contributed by atoms with Crippen molar-refractivity contribution in [2.24, 2.45) is 0 Å². The first-order valence-electron chi connectivity index (χ1n) is 8.14. The molecule has 0 radical (unpaired) electrons. The van der Waals surface area contributed by atoms with Crippen molar-refractivity contribution in [3.8, 4) is 0 Å². The molecule has 2 rings (SSSR count). The molecule has 1 saturated carbocycles. The second-order valence-electron chi connectivity index (χ2n) is 6.93. The SMILES string of the molecule is CCNC1(C(=O)OC)CCCC(N2CCOC(C)(C)C2)C1. The number of nitrogens with one attached hydrogen (secondary N) is 1. The van der Waals surface area contributed by atoms with Crippen LogP contribution in [0, 0.1) is 0 Å². The fraction of sp³-hybridized carbons (Fsp3) is 0.938. The first-order chi connectivity index (χ1) is 9.92. The molecule has 0 aromatic rings. The van der Waals surface area contributed by atoms with Crippen LogP contribution in [0.2, 0.25) is 0 Å². The summed E-state index contributed by atoms with van der Waals surface area (Å²) in [7, 11) is 1.49. The predicted octanol–water partition coefficient (Wildman–Crippen LogP) is 1.56. The molecule has 0 aromatic heterocycles. The minimum atomic E-state index is -0.505. The molecule has 5 heteroatoms. The second-order valence-corrected chi connectivity index (χ2v) is 6.93. The summed E-state index contributed by atoms with van der Waals surface area (Å²) in [5.41, 5.74) is -0.601. The van der Waals surface area contributed by atoms with Crippen LogP contribution < -0.4 is 5.32 Å². The molecule has 2 unspecified atom stereocenters. The van der Waals surface area contributed by atoms with Gasteiger partial charge in [0.15, 0.2) is 0 Å². The van der Waals surface area contributed by atoms with Crippen molar-refractivity contribution >= 4 is 5.97 Å². The summed E-state index contributed by atoms with van der Waals surface area (Å²) in [4.78, 5) is 14.8. The van der Waals surface area contributed by atoms with Crippen LogP contribution >= 0.6 is 0 Å². The van der Waals surface area contributed by atoms with E-state index in [1.54, 1.807) is 0 Å². The van der Waals surface area contributed by atoms with Crippen molar-refractivity contribution < 1.29 is 14.3 Å². The summed E-state index contributed by atoms with van der Waals surface area (Å²) in [6.07, 6.45) is 3.92. The molecule has 2 fully saturated rings. The number of nitrogens with zero attached hydrogens (tertiary/aromatic N) is 1. The van der Waals surface area contributed by atoms with Crippen molar-refractivity contribution in [2.45, 2.75) is 63.6 Å². The van der Waals surface area contributed by atoms with Gasteiger partial charge in [-0.05, 0) is 46.1 Å². The molecule has 1 saturated heterocycles. The summed E-state index contributed by atoms with van der Waals surface area (Å²) in [5.74, 6) is -0.110. The number of hydrogen-bond acceptors (Lipinski definition) is 5. The Labute approximate surface area is 128 Å². The summed E-state index contributed by atoms with van der Waals surface area (Å²) < 4.78 is 10.9. The normalized spacial score (nSPS) is 33.6. The van der Waals surface area contributed by atoms with Crippen molar-refractivity contribution in [1.82, 2.24) is 10.2 Å². The van der Waals surface area contributed by atoms with Crippen LogP contribution in [0.1, 0.15) is 46.5 Å². The van der Waals surface area contributed by atoms with E-state index in [0.717, 1.165) is 51.9 Å². The average molecular weight is 298 g/mol. The summed E-state index contributed by atoms with van der Waals surface area (Å²) in [6.45, 7) is 9.77. The third kappa shape index (κ3) is 3.76. The number of likely N-dealkylation sites (N-methyl/N-ethyl adjacent to an activating group) is 1. The minimum Gasteiger partial charge on any atom is -0.468 e. The Morgan fingerprint density at radius 1 is 1.48 bits per heavy atom. The molecule has 2 atom stereocenters. The number of morpholine rings is 1. The third-order valence-electron chi connectivity index (χ3n) is 4.79. The first kappa shape index (κ1) is 16.7. The van der Waals surface area contributed by atoms with E-state index in [9.17, 15) is 4.79 Å². The van der Waals surface area contributed by atoms with Gasteiger partial charge in [-0.3, -0.25) is 9.69 Å². The molecule has 2 aliphatic rings. The number of methoxy groups -OCH3 is 1. The lowest BCUT2D eigenvalue weighted by molar-refractivity contribution is -0.152. The van der Waals surface area contributed by atoms with E-state index in [4.69, 9.17) is 9.47 Å². The maximum atomic E-state index is 12.3. The van der Waals surface area contributed by atoms with E-state index in [2.05, 4.69) is 24.1 Å². The van der Waals surface area contributed by atoms with Gasteiger partial charge in [-0.2, -0.15) is 0 Å². The number of hydrogen-bond donors (Lipinski definition) is 1. The number of rotatable bonds is 4. The van der Waals surface area contributed by atoms with E-state index in [-0.39, 0.29) is 11.6 Å². The number of carbonyl (C=O) groups is 1. The van der Waals surface area contributed by atoms with Crippen LogP contribution in [-0.4, -0.2) is 61.4 Å². The Kier molecular flexibility index (Phi) is 5.28. The minimum absolute atomic E-state index is 0.0954. The third-order valence-corrected chi connectivity index (χ3v) is 4.79. The van der Waals surface area contributed by atoms with E-state index in [0.29, 0.717) is 6.04 Å². The zero-order valence-electron chi connectivity index (χ0n) is 13.9. The molecular weight excluding hydrogens is 268 g/mol. The van der Waals surface area contributed by atoms with Gasteiger partial charge in [-0.15, -0.1) is 0 Å². The maximum absolute atomic E-state index is 12.3. The smallest absolute Gasteiger partial charge is 0.326 e. The number of esters is 1. The van der Waals surface area contributed by atoms with Gasteiger partial charge >= 0.3 is 5.97 Å². The highest BCUT2D eigenvalue weighted by Crippen LogP contribution is 2.34. The first-order valence-corrected chi connectivity index (χ1v) is 8.14. The summed E-state index contributed by atoms with van der Waals surface area (Å²) in [5, 5.41) is 3.41. The molecule has 122 valence electrons. The summed E-state index contributed by atoms with van der Waals surface area (Å²) in [6, 6.07) is 0.431. The Balaban J connectivity index is 2.09. The molecule has 5 nitrogen and oxygen atoms in total. The molecule has 0 aromatic carbocycles. The van der Waals surface area contributed by atoms with E-state index in [1.807, 2.05) is 6.92 Å². The van der Waals surface area contributed by atoms with Gasteiger partial charge in [-0.25, -0.2) is 0 Å². The van der Waals surface area contributed by atoms with E-state index >= 15 is 0 Å². The number of carbonyl (C=O) groups excluding carboxylic acids is 1. The highest BCUT2D eigenvalue weighted by molar-refractivity contribution is 5.81. The topological polar surface area (TPSA) is 50.8 Å². The molecular formula is C16H30N2O3. The van der Waals surface area contributed by atoms with Crippen LogP contribution in [0.4, 0.5) is 0 Å². The van der Waals surface area contributed by atoms with Crippen molar-refractivity contribution in [3.05, 3.63) is 0 Å². The second kappa shape index (κ2) is 6.63. The molecule has 0 amide bonds. The molecule has 1 N–H and O–H groups in total. The maximum Gasteiger partial charge on any atom is 0.326 e. The van der Waals surface area contributed by atoms with E-state index < -0.39 is 5.54 Å². The van der Waals surface area contributed by atoms with Crippen molar-refractivity contribution in [3.63, 3.8) is 0 Å². The van der Waals surface area contributed by atoms with Crippen LogP contribution in [0.5, 0.6) is 0 Å². The van der Waals surface area contributed by atoms with Crippen LogP contribution in [-0.2, 0) is 14.3 Å². The van der Waals surface area contributed by atoms with Crippen molar-refractivity contribution in [2.75, 3.05) is 33.4 Å². The lowest BCUT2D eigenvalue weighted by Gasteiger charge is -2.47. The van der Waals surface area contributed by atoms with Crippen LogP contribution in [0.3, 0.4) is 0 Å². The Morgan fingerprint density at radius 3 is 2.86 bits per heavy atom. The Bertz CT molecular complexity index is 369. The lowest BCUT2D eigenvalue weighted by atomic mass is 9.78. The molecule has 1 aliphatic carbocycles. The largest absolute Gasteiger partial charge is 0.468 e. The fourth-order valence-corrected chi connectivity index (χ4v) is 3.87. The van der Waals surface area contributed by atoms with Gasteiger partial charge in [-0.1, -0.05) is 6.92 Å². The zero-order valence-corrected chi connectivity index (χ0v) is 13.9. The van der Waals surface area contributed by atoms with Crippen LogP contribution in [0.25, 0.3) is 0 Å². The van der Waals surface area contributed by atoms with Gasteiger partial charge in [0.25, 0.3) is 0 Å². The fourth-order valence-electron chi connectivity index (χ4n) is 3.87. The lowest BCUT2D eigenvalue weighted by Crippen LogP contribution is -2.61. The van der Waals surface area contributed by atoms with Gasteiger partial charge < -0.3 is 14.8 Å². The van der Waals surface area contributed by atoms with Gasteiger partial charge in [0.05, 0.1) is 19.3 Å². The standard InChI is InChI=1S/C16H30N2O3/c1-5-17-16(14(19)20-4)8-6-7-13(11-16)18-9-10-21-15(2,3)12-18/h13,17H,5-12H2,1-4H3. The zero-order chi connectivity index (χ0) is 15.5. The highest BCUT2D eigenvalue weighted by atomic mass is 16.5. The Hall–Kier alpha value is -0.650. The Morgan fingerprint density at radius 2 is 2.24 bits per heavy atom. The van der Waals surface area contributed by atoms with Gasteiger partial charge in [0.1, 0.15) is 5.54 Å². The molecule has 1 heterocycles. The average Bonchev–Trinajstić information content (AvgIpc) is 2.46. The predicted molar refractivity (Wildman–Crippen MR) is 82.3 cm³/mol. The number of ether oxygens (including phenoxy) is 2. The molecule has 0 spiro atoms. The molecule has 21 heavy (non-hydrogen) atoms. The highest BCUT2D eigenvalue weighted by Gasteiger charge is 2.45. The van der Waals surface area contributed by atoms with E-state index in [1.165, 1.54) is 7.11 Å². The van der Waals surface area contributed by atoms with Gasteiger partial charge in [0, 0.05) is 19.1 Å². The van der Waals surface area contributed by atoms with Crippen molar-refractivity contribution in [1.29, 1.82) is 0 Å².